The Labute approximate surface area is 170 Å². The van der Waals surface area contributed by atoms with E-state index in [-0.39, 0.29) is 5.82 Å². The van der Waals surface area contributed by atoms with Crippen LogP contribution in [0.5, 0.6) is 0 Å². The number of aromatic nitrogens is 2. The molecule has 148 valence electrons. The zero-order valence-electron chi connectivity index (χ0n) is 14.6. The molecule has 1 aliphatic heterocycles. The normalized spacial score (nSPS) is 16.1. The summed E-state index contributed by atoms with van der Waals surface area (Å²) in [6, 6.07) is 2.99. The van der Waals surface area contributed by atoms with Crippen molar-refractivity contribution in [1.29, 1.82) is 0 Å². The van der Waals surface area contributed by atoms with Crippen LogP contribution >= 0.6 is 35.1 Å². The minimum atomic E-state index is -0.700. The van der Waals surface area contributed by atoms with E-state index in [2.05, 4.69) is 24.3 Å². The molecule has 2 aromatic rings. The number of aliphatic hydroxyl groups is 1. The first kappa shape index (κ1) is 20.6. The van der Waals surface area contributed by atoms with Crippen molar-refractivity contribution in [2.45, 2.75) is 23.3 Å². The highest BCUT2D eigenvalue weighted by atomic mass is 35.5. The van der Waals surface area contributed by atoms with Crippen LogP contribution in [-0.2, 0) is 0 Å². The Balaban J connectivity index is 1.39. The predicted molar refractivity (Wildman–Crippen MR) is 109 cm³/mol. The van der Waals surface area contributed by atoms with E-state index >= 15 is 0 Å². The molecule has 3 rings (SSSR count). The standard InChI is InChI=1S/C16H22ClFN6OS2/c17-11-5-14(26-23-15-21-10-22-27-15)12(18)6-13(11)20-3-1-2-4-24-8-16(25,7-19)9-24/h5-6,10,20,25H,1-4,7-9,19H2,(H,21,22,23). The number of nitrogens with zero attached hydrogens (tertiary/aromatic N) is 3. The van der Waals surface area contributed by atoms with Crippen LogP contribution in [0.1, 0.15) is 12.8 Å². The summed E-state index contributed by atoms with van der Waals surface area (Å²) in [7, 11) is 0. The molecule has 0 aliphatic carbocycles. The minimum absolute atomic E-state index is 0.305. The quantitative estimate of drug-likeness (QED) is 0.336. The van der Waals surface area contributed by atoms with Gasteiger partial charge in [0.15, 0.2) is 0 Å². The lowest BCUT2D eigenvalue weighted by Gasteiger charge is -2.46. The van der Waals surface area contributed by atoms with E-state index in [4.69, 9.17) is 17.3 Å². The molecule has 0 bridgehead atoms. The largest absolute Gasteiger partial charge is 0.386 e. The molecule has 0 atom stereocenters. The molecular weight excluding hydrogens is 411 g/mol. The van der Waals surface area contributed by atoms with Crippen LogP contribution < -0.4 is 15.8 Å². The highest BCUT2D eigenvalue weighted by Crippen LogP contribution is 2.32. The fourth-order valence-corrected chi connectivity index (χ4v) is 4.26. The second-order valence-electron chi connectivity index (χ2n) is 6.49. The Bertz CT molecular complexity index is 745. The van der Waals surface area contributed by atoms with Gasteiger partial charge in [-0.1, -0.05) is 11.6 Å². The van der Waals surface area contributed by atoms with Crippen molar-refractivity contribution >= 4 is 45.9 Å². The van der Waals surface area contributed by atoms with E-state index in [1.807, 2.05) is 0 Å². The fourth-order valence-electron chi connectivity index (χ4n) is 2.82. The second-order valence-corrected chi connectivity index (χ2v) is 8.52. The molecule has 0 amide bonds. The number of halogens is 2. The highest BCUT2D eigenvalue weighted by molar-refractivity contribution is 8.00. The SMILES string of the molecule is NCC1(O)CN(CCCCNc2cc(F)c(SNc3ncns3)cc2Cl)C1. The summed E-state index contributed by atoms with van der Waals surface area (Å²) >= 11 is 8.57. The summed E-state index contributed by atoms with van der Waals surface area (Å²) in [4.78, 5) is 6.55. The van der Waals surface area contributed by atoms with Gasteiger partial charge in [-0.05, 0) is 43.5 Å². The molecule has 1 aliphatic rings. The molecule has 1 aromatic heterocycles. The van der Waals surface area contributed by atoms with Crippen LogP contribution in [-0.4, -0.2) is 57.7 Å². The number of nitrogens with two attached hydrogens (primary N) is 1. The van der Waals surface area contributed by atoms with Gasteiger partial charge in [0.25, 0.3) is 0 Å². The van der Waals surface area contributed by atoms with E-state index in [1.54, 1.807) is 6.07 Å². The first-order chi connectivity index (χ1) is 13.0. The molecule has 1 fully saturated rings. The molecule has 0 unspecified atom stereocenters. The number of likely N-dealkylation sites (tertiary alicyclic amines) is 1. The second kappa shape index (κ2) is 9.35. The maximum absolute atomic E-state index is 14.3. The van der Waals surface area contributed by atoms with Crippen LogP contribution in [0.2, 0.25) is 5.02 Å². The van der Waals surface area contributed by atoms with Gasteiger partial charge < -0.3 is 20.9 Å². The van der Waals surface area contributed by atoms with Crippen molar-refractivity contribution < 1.29 is 9.50 Å². The van der Waals surface area contributed by atoms with E-state index < -0.39 is 5.60 Å². The molecule has 1 saturated heterocycles. The van der Waals surface area contributed by atoms with E-state index in [9.17, 15) is 9.50 Å². The first-order valence-electron chi connectivity index (χ1n) is 8.56. The predicted octanol–water partition coefficient (Wildman–Crippen LogP) is 2.65. The average molecular weight is 433 g/mol. The van der Waals surface area contributed by atoms with Gasteiger partial charge in [-0.15, -0.1) is 0 Å². The summed E-state index contributed by atoms with van der Waals surface area (Å²) in [5, 5.41) is 14.1. The van der Waals surface area contributed by atoms with Crippen molar-refractivity contribution in [2.24, 2.45) is 5.73 Å². The number of β-amino-alcohol motifs (C(OH)–C–C–N with tert-alkyl or cyclic N) is 1. The van der Waals surface area contributed by atoms with Gasteiger partial charge >= 0.3 is 0 Å². The smallest absolute Gasteiger partial charge is 0.212 e. The number of rotatable bonds is 10. The monoisotopic (exact) mass is 432 g/mol. The van der Waals surface area contributed by atoms with Gasteiger partial charge in [-0.2, -0.15) is 4.37 Å². The number of anilines is 2. The van der Waals surface area contributed by atoms with Gasteiger partial charge in [-0.25, -0.2) is 9.37 Å². The molecule has 1 aromatic carbocycles. The average Bonchev–Trinajstić information content (AvgIpc) is 3.14. The third kappa shape index (κ3) is 5.66. The number of nitrogens with one attached hydrogen (secondary N) is 2. The van der Waals surface area contributed by atoms with E-state index in [0.29, 0.717) is 46.9 Å². The third-order valence-electron chi connectivity index (χ3n) is 4.26. The van der Waals surface area contributed by atoms with Gasteiger partial charge in [-0.3, -0.25) is 4.90 Å². The Morgan fingerprint density at radius 1 is 1.41 bits per heavy atom. The molecule has 0 spiro atoms. The zero-order chi connectivity index (χ0) is 19.3. The number of hydrogen-bond donors (Lipinski definition) is 4. The van der Waals surface area contributed by atoms with E-state index in [0.717, 1.165) is 31.3 Å². The fraction of sp³-hybridized carbons (Fsp3) is 0.500. The maximum Gasteiger partial charge on any atom is 0.212 e. The lowest BCUT2D eigenvalue weighted by molar-refractivity contribution is -0.0900. The summed E-state index contributed by atoms with van der Waals surface area (Å²) in [5.41, 5.74) is 5.39. The van der Waals surface area contributed by atoms with Crippen LogP contribution in [0.15, 0.2) is 23.4 Å². The summed E-state index contributed by atoms with van der Waals surface area (Å²) in [6.45, 7) is 3.19. The molecule has 5 N–H and O–H groups in total. The van der Waals surface area contributed by atoms with Gasteiger partial charge in [0.2, 0.25) is 5.13 Å². The lowest BCUT2D eigenvalue weighted by atomic mass is 9.94. The molecule has 7 nitrogen and oxygen atoms in total. The Morgan fingerprint density at radius 3 is 2.93 bits per heavy atom. The Morgan fingerprint density at radius 2 is 2.22 bits per heavy atom. The van der Waals surface area contributed by atoms with E-state index in [1.165, 1.54) is 23.9 Å². The first-order valence-corrected chi connectivity index (χ1v) is 10.5. The summed E-state index contributed by atoms with van der Waals surface area (Å²) in [6.07, 6.45) is 3.34. The van der Waals surface area contributed by atoms with Crippen molar-refractivity contribution in [3.63, 3.8) is 0 Å². The van der Waals surface area contributed by atoms with Crippen molar-refractivity contribution in [3.05, 3.63) is 29.3 Å². The van der Waals surface area contributed by atoms with Crippen LogP contribution in [0, 0.1) is 5.82 Å². The van der Waals surface area contributed by atoms with Crippen molar-refractivity contribution in [2.75, 3.05) is 42.8 Å². The molecule has 11 heteroatoms. The molecular formula is C16H22ClFN6OS2. The summed E-state index contributed by atoms with van der Waals surface area (Å²) < 4.78 is 21.1. The minimum Gasteiger partial charge on any atom is -0.386 e. The van der Waals surface area contributed by atoms with Crippen molar-refractivity contribution in [3.8, 4) is 0 Å². The molecule has 2 heterocycles. The molecule has 0 radical (unpaired) electrons. The topological polar surface area (TPSA) is 99.3 Å². The molecule has 0 saturated carbocycles. The Hall–Kier alpha value is -1.17. The third-order valence-corrected chi connectivity index (χ3v) is 6.11. The number of hydrogen-bond acceptors (Lipinski definition) is 9. The number of benzene rings is 1. The summed E-state index contributed by atoms with van der Waals surface area (Å²) in [5.74, 6) is -0.356. The van der Waals surface area contributed by atoms with Gasteiger partial charge in [0.05, 0.1) is 15.6 Å². The van der Waals surface area contributed by atoms with Gasteiger partial charge in [0.1, 0.15) is 17.7 Å². The van der Waals surface area contributed by atoms with Crippen LogP contribution in [0.25, 0.3) is 0 Å². The van der Waals surface area contributed by atoms with Gasteiger partial charge in [0, 0.05) is 37.7 Å². The Kier molecular flexibility index (Phi) is 7.12. The number of unbranched alkanes of at least 4 members (excludes halogenated alkanes) is 1. The molecule has 27 heavy (non-hydrogen) atoms. The lowest BCUT2D eigenvalue weighted by Crippen LogP contribution is -2.65. The van der Waals surface area contributed by atoms with Crippen LogP contribution in [0.4, 0.5) is 15.2 Å². The highest BCUT2D eigenvalue weighted by Gasteiger charge is 2.39. The van der Waals surface area contributed by atoms with Crippen LogP contribution in [0.3, 0.4) is 0 Å². The maximum atomic E-state index is 14.3. The zero-order valence-corrected chi connectivity index (χ0v) is 17.0. The van der Waals surface area contributed by atoms with Crippen molar-refractivity contribution in [1.82, 2.24) is 14.3 Å².